The third-order valence-electron chi connectivity index (χ3n) is 3.50. The Labute approximate surface area is 112 Å². The number of piperidine rings is 1. The van der Waals surface area contributed by atoms with E-state index < -0.39 is 21.9 Å². The molecule has 1 saturated heterocycles. The molecule has 2 heterocycles. The van der Waals surface area contributed by atoms with Gasteiger partial charge in [-0.25, -0.2) is 12.8 Å². The molecule has 0 aliphatic carbocycles. The van der Waals surface area contributed by atoms with Crippen LogP contribution in [-0.2, 0) is 10.0 Å². The summed E-state index contributed by atoms with van der Waals surface area (Å²) >= 11 is 0. The Hall–Kier alpha value is -1.05. The summed E-state index contributed by atoms with van der Waals surface area (Å²) in [4.78, 5) is 3.45. The number of aromatic nitrogens is 1. The Balaban J connectivity index is 2.14. The van der Waals surface area contributed by atoms with Gasteiger partial charge in [0.05, 0.1) is 12.3 Å². The molecule has 1 aromatic rings. The minimum Gasteiger partial charge on any atom is -0.393 e. The third kappa shape index (κ3) is 3.10. The minimum absolute atomic E-state index is 0.122. The number of aliphatic hydroxyl groups is 1. The fraction of sp³-hybridized carbons (Fsp3) is 0.583. The van der Waals surface area contributed by atoms with Crippen molar-refractivity contribution >= 4 is 10.0 Å². The van der Waals surface area contributed by atoms with Crippen LogP contribution in [-0.4, -0.2) is 42.0 Å². The number of hydrogen-bond acceptors (Lipinski definition) is 4. The molecule has 1 atom stereocenters. The van der Waals surface area contributed by atoms with Gasteiger partial charge in [0.1, 0.15) is 10.7 Å². The highest BCUT2D eigenvalue weighted by Gasteiger charge is 2.31. The molecule has 0 amide bonds. The van der Waals surface area contributed by atoms with Crippen molar-refractivity contribution in [3.63, 3.8) is 0 Å². The lowest BCUT2D eigenvalue weighted by Gasteiger charge is -2.32. The lowest BCUT2D eigenvalue weighted by molar-refractivity contribution is 0.0912. The monoisotopic (exact) mass is 288 g/mol. The predicted octanol–water partition coefficient (Wildman–Crippen LogP) is 1.00. The van der Waals surface area contributed by atoms with Crippen molar-refractivity contribution in [1.29, 1.82) is 0 Å². The van der Waals surface area contributed by atoms with Crippen LogP contribution in [0.5, 0.6) is 0 Å². The highest BCUT2D eigenvalue weighted by atomic mass is 32.2. The van der Waals surface area contributed by atoms with Crippen molar-refractivity contribution in [2.45, 2.75) is 30.8 Å². The summed E-state index contributed by atoms with van der Waals surface area (Å²) < 4.78 is 38.9. The van der Waals surface area contributed by atoms with E-state index in [1.165, 1.54) is 4.31 Å². The Morgan fingerprint density at radius 2 is 2.05 bits per heavy atom. The number of nitrogens with zero attached hydrogens (tertiary/aromatic N) is 2. The van der Waals surface area contributed by atoms with Crippen LogP contribution in [0.15, 0.2) is 23.4 Å². The van der Waals surface area contributed by atoms with E-state index in [1.54, 1.807) is 6.92 Å². The first-order chi connectivity index (χ1) is 8.91. The molecule has 0 bridgehead atoms. The van der Waals surface area contributed by atoms with E-state index >= 15 is 0 Å². The maximum atomic E-state index is 13.1. The zero-order chi connectivity index (χ0) is 14.0. The average Bonchev–Trinajstić information content (AvgIpc) is 2.39. The summed E-state index contributed by atoms with van der Waals surface area (Å²) in [6.45, 7) is 2.40. The normalized spacial score (nSPS) is 20.4. The second kappa shape index (κ2) is 5.52. The van der Waals surface area contributed by atoms with Gasteiger partial charge in [0.15, 0.2) is 0 Å². The molecule has 19 heavy (non-hydrogen) atoms. The molecule has 1 N–H and O–H groups in total. The second-order valence-corrected chi connectivity index (χ2v) is 6.76. The second-order valence-electron chi connectivity index (χ2n) is 4.82. The molecule has 7 heteroatoms. The van der Waals surface area contributed by atoms with Gasteiger partial charge in [-0.2, -0.15) is 4.31 Å². The van der Waals surface area contributed by atoms with E-state index in [1.807, 2.05) is 0 Å². The molecule has 0 aromatic carbocycles. The fourth-order valence-electron chi connectivity index (χ4n) is 2.28. The minimum atomic E-state index is -3.68. The summed E-state index contributed by atoms with van der Waals surface area (Å²) in [5.41, 5.74) is 0. The Morgan fingerprint density at radius 3 is 2.58 bits per heavy atom. The SMILES string of the molecule is CC(O)C1CCN(S(=O)(=O)c2cncc(F)c2)CC1. The van der Waals surface area contributed by atoms with Gasteiger partial charge in [0, 0.05) is 19.3 Å². The number of sulfonamides is 1. The zero-order valence-electron chi connectivity index (χ0n) is 10.7. The van der Waals surface area contributed by atoms with Gasteiger partial charge in [0.25, 0.3) is 0 Å². The molecule has 0 radical (unpaired) electrons. The maximum absolute atomic E-state index is 13.1. The van der Waals surface area contributed by atoms with E-state index in [-0.39, 0.29) is 10.8 Å². The standard InChI is InChI=1S/C12H17FN2O3S/c1-9(16)10-2-4-15(5-3-10)19(17,18)12-6-11(13)7-14-8-12/h6-10,16H,2-5H2,1H3. The predicted molar refractivity (Wildman–Crippen MR) is 67.4 cm³/mol. The molecule has 1 aromatic heterocycles. The highest BCUT2D eigenvalue weighted by molar-refractivity contribution is 7.89. The number of pyridine rings is 1. The summed E-state index contributed by atoms with van der Waals surface area (Å²) in [5.74, 6) is -0.544. The first-order valence-corrected chi connectivity index (χ1v) is 7.64. The topological polar surface area (TPSA) is 70.5 Å². The van der Waals surface area contributed by atoms with Crippen molar-refractivity contribution in [2.75, 3.05) is 13.1 Å². The molecule has 1 aliphatic heterocycles. The zero-order valence-corrected chi connectivity index (χ0v) is 11.5. The molecular weight excluding hydrogens is 271 g/mol. The van der Waals surface area contributed by atoms with E-state index in [0.29, 0.717) is 25.9 Å². The Bertz CT molecular complexity index is 540. The Kier molecular flexibility index (Phi) is 4.17. The van der Waals surface area contributed by atoms with Gasteiger partial charge >= 0.3 is 0 Å². The molecule has 1 unspecified atom stereocenters. The smallest absolute Gasteiger partial charge is 0.244 e. The number of hydrogen-bond donors (Lipinski definition) is 1. The van der Waals surface area contributed by atoms with Crippen molar-refractivity contribution in [1.82, 2.24) is 9.29 Å². The number of halogens is 1. The van der Waals surface area contributed by atoms with Crippen LogP contribution in [0, 0.1) is 11.7 Å². The number of rotatable bonds is 3. The molecule has 1 aliphatic rings. The lowest BCUT2D eigenvalue weighted by atomic mass is 9.93. The van der Waals surface area contributed by atoms with Crippen LogP contribution in [0.2, 0.25) is 0 Å². The summed E-state index contributed by atoms with van der Waals surface area (Å²) in [5, 5.41) is 9.49. The van der Waals surface area contributed by atoms with Gasteiger partial charge in [-0.05, 0) is 31.7 Å². The van der Waals surface area contributed by atoms with Crippen molar-refractivity contribution in [3.05, 3.63) is 24.3 Å². The third-order valence-corrected chi connectivity index (χ3v) is 5.36. The summed E-state index contributed by atoms with van der Waals surface area (Å²) in [6.07, 6.45) is 2.91. The van der Waals surface area contributed by atoms with Gasteiger partial charge in [0.2, 0.25) is 10.0 Å². The fourth-order valence-corrected chi connectivity index (χ4v) is 3.73. The molecular formula is C12H17FN2O3S. The van der Waals surface area contributed by atoms with Gasteiger partial charge in [-0.3, -0.25) is 4.98 Å². The molecule has 2 rings (SSSR count). The highest BCUT2D eigenvalue weighted by Crippen LogP contribution is 2.25. The first-order valence-electron chi connectivity index (χ1n) is 6.20. The maximum Gasteiger partial charge on any atom is 0.244 e. The van der Waals surface area contributed by atoms with Crippen LogP contribution in [0.4, 0.5) is 4.39 Å². The van der Waals surface area contributed by atoms with Gasteiger partial charge < -0.3 is 5.11 Å². The summed E-state index contributed by atoms with van der Waals surface area (Å²) in [7, 11) is -3.68. The average molecular weight is 288 g/mol. The van der Waals surface area contributed by atoms with E-state index in [0.717, 1.165) is 18.5 Å². The molecule has 106 valence electrons. The van der Waals surface area contributed by atoms with Crippen LogP contribution in [0.3, 0.4) is 0 Å². The quantitative estimate of drug-likeness (QED) is 0.901. The van der Waals surface area contributed by atoms with E-state index in [4.69, 9.17) is 0 Å². The van der Waals surface area contributed by atoms with Crippen molar-refractivity contribution in [2.24, 2.45) is 5.92 Å². The van der Waals surface area contributed by atoms with Crippen molar-refractivity contribution < 1.29 is 17.9 Å². The number of aliphatic hydroxyl groups excluding tert-OH is 1. The first kappa shape index (κ1) is 14.4. The Morgan fingerprint density at radius 1 is 1.42 bits per heavy atom. The summed E-state index contributed by atoms with van der Waals surface area (Å²) in [6, 6.07) is 0.975. The lowest BCUT2D eigenvalue weighted by Crippen LogP contribution is -2.40. The van der Waals surface area contributed by atoms with Crippen LogP contribution < -0.4 is 0 Å². The van der Waals surface area contributed by atoms with Gasteiger partial charge in [-0.1, -0.05) is 0 Å². The van der Waals surface area contributed by atoms with Crippen LogP contribution in [0.1, 0.15) is 19.8 Å². The molecule has 0 spiro atoms. The van der Waals surface area contributed by atoms with Crippen molar-refractivity contribution in [3.8, 4) is 0 Å². The molecule has 1 fully saturated rings. The van der Waals surface area contributed by atoms with Gasteiger partial charge in [-0.15, -0.1) is 0 Å². The van der Waals surface area contributed by atoms with E-state index in [9.17, 15) is 17.9 Å². The van der Waals surface area contributed by atoms with Crippen LogP contribution >= 0.6 is 0 Å². The largest absolute Gasteiger partial charge is 0.393 e. The molecule has 5 nitrogen and oxygen atoms in total. The van der Waals surface area contributed by atoms with Crippen LogP contribution in [0.25, 0.3) is 0 Å². The van der Waals surface area contributed by atoms with E-state index in [2.05, 4.69) is 4.98 Å². The molecule has 0 saturated carbocycles.